The molecule has 0 amide bonds. The molecule has 1 fully saturated rings. The van der Waals surface area contributed by atoms with E-state index in [4.69, 9.17) is 0 Å². The van der Waals surface area contributed by atoms with Crippen molar-refractivity contribution in [1.29, 1.82) is 0 Å². The fraction of sp³-hybridized carbons (Fsp3) is 0.333. The van der Waals surface area contributed by atoms with Crippen molar-refractivity contribution in [3.8, 4) is 5.75 Å². The van der Waals surface area contributed by atoms with E-state index < -0.39 is 0 Å². The summed E-state index contributed by atoms with van der Waals surface area (Å²) in [4.78, 5) is 0. The van der Waals surface area contributed by atoms with E-state index in [-0.39, 0.29) is 0 Å². The number of benzene rings is 2. The predicted octanol–water partition coefficient (Wildman–Crippen LogP) is 4.57. The minimum atomic E-state index is 0.345. The second kappa shape index (κ2) is 5.20. The third-order valence-electron chi connectivity index (χ3n) is 4.06. The lowest BCUT2D eigenvalue weighted by atomic mass is 10.0. The molecule has 0 aromatic heterocycles. The van der Waals surface area contributed by atoms with Crippen LogP contribution in [0.3, 0.4) is 0 Å². The molecule has 0 aliphatic heterocycles. The highest BCUT2D eigenvalue weighted by atomic mass is 16.3. The van der Waals surface area contributed by atoms with Crippen LogP contribution >= 0.6 is 0 Å². The van der Waals surface area contributed by atoms with E-state index in [1.54, 1.807) is 0 Å². The Hall–Kier alpha value is -1.96. The van der Waals surface area contributed by atoms with Gasteiger partial charge in [-0.3, -0.25) is 0 Å². The average molecular weight is 267 g/mol. The van der Waals surface area contributed by atoms with E-state index in [0.717, 1.165) is 11.3 Å². The standard InChI is InChI=1S/C18H21NO/c1-12-3-6-14(7-4-12)18(15-8-9-15)19-16-10-5-13(2)17(20)11-16/h3-7,10-11,15,18-20H,8-9H2,1-2H3. The summed E-state index contributed by atoms with van der Waals surface area (Å²) in [6.45, 7) is 4.03. The van der Waals surface area contributed by atoms with E-state index in [2.05, 4.69) is 36.5 Å². The molecule has 0 bridgehead atoms. The monoisotopic (exact) mass is 267 g/mol. The van der Waals surface area contributed by atoms with Gasteiger partial charge >= 0.3 is 0 Å². The summed E-state index contributed by atoms with van der Waals surface area (Å²) < 4.78 is 0. The van der Waals surface area contributed by atoms with Crippen molar-refractivity contribution in [2.24, 2.45) is 5.92 Å². The zero-order chi connectivity index (χ0) is 14.1. The van der Waals surface area contributed by atoms with Crippen molar-refractivity contribution in [3.63, 3.8) is 0 Å². The molecule has 0 radical (unpaired) electrons. The number of aryl methyl sites for hydroxylation is 2. The maximum Gasteiger partial charge on any atom is 0.120 e. The largest absolute Gasteiger partial charge is 0.508 e. The van der Waals surface area contributed by atoms with Gasteiger partial charge in [0, 0.05) is 11.8 Å². The summed E-state index contributed by atoms with van der Waals surface area (Å²) in [6, 6.07) is 14.9. The van der Waals surface area contributed by atoms with Crippen LogP contribution in [0.5, 0.6) is 5.75 Å². The summed E-state index contributed by atoms with van der Waals surface area (Å²) in [5, 5.41) is 13.4. The minimum Gasteiger partial charge on any atom is -0.508 e. The quantitative estimate of drug-likeness (QED) is 0.850. The van der Waals surface area contributed by atoms with Crippen LogP contribution in [0.1, 0.15) is 35.6 Å². The first-order valence-electron chi connectivity index (χ1n) is 7.26. The van der Waals surface area contributed by atoms with Gasteiger partial charge in [-0.05, 0) is 49.8 Å². The highest BCUT2D eigenvalue weighted by Gasteiger charge is 2.32. The number of anilines is 1. The van der Waals surface area contributed by atoms with Gasteiger partial charge in [0.1, 0.15) is 5.75 Å². The van der Waals surface area contributed by atoms with Gasteiger partial charge in [0.25, 0.3) is 0 Å². The summed E-state index contributed by atoms with van der Waals surface area (Å²) >= 11 is 0. The van der Waals surface area contributed by atoms with Crippen molar-refractivity contribution >= 4 is 5.69 Å². The molecule has 1 aliphatic carbocycles. The normalized spacial score (nSPS) is 15.9. The van der Waals surface area contributed by atoms with Crippen LogP contribution in [0.2, 0.25) is 0 Å². The van der Waals surface area contributed by atoms with Crippen molar-refractivity contribution in [2.75, 3.05) is 5.32 Å². The molecular formula is C18H21NO. The fourth-order valence-electron chi connectivity index (χ4n) is 2.56. The van der Waals surface area contributed by atoms with Crippen LogP contribution in [0, 0.1) is 19.8 Å². The molecule has 3 rings (SSSR count). The average Bonchev–Trinajstić information content (AvgIpc) is 3.26. The molecule has 20 heavy (non-hydrogen) atoms. The van der Waals surface area contributed by atoms with Gasteiger partial charge in [0.15, 0.2) is 0 Å². The van der Waals surface area contributed by atoms with Gasteiger partial charge in [0.2, 0.25) is 0 Å². The Bertz CT molecular complexity index is 599. The molecule has 0 saturated heterocycles. The summed E-state index contributed by atoms with van der Waals surface area (Å²) in [5.41, 5.74) is 4.52. The number of rotatable bonds is 4. The van der Waals surface area contributed by atoms with Crippen molar-refractivity contribution < 1.29 is 5.11 Å². The number of nitrogens with one attached hydrogen (secondary N) is 1. The lowest BCUT2D eigenvalue weighted by Gasteiger charge is -2.20. The van der Waals surface area contributed by atoms with Crippen LogP contribution in [0.4, 0.5) is 5.69 Å². The molecule has 1 unspecified atom stereocenters. The first kappa shape index (κ1) is 13.0. The van der Waals surface area contributed by atoms with Crippen LogP contribution in [-0.4, -0.2) is 5.11 Å². The zero-order valence-corrected chi connectivity index (χ0v) is 12.1. The van der Waals surface area contributed by atoms with Gasteiger partial charge in [-0.25, -0.2) is 0 Å². The Morgan fingerprint density at radius 2 is 1.75 bits per heavy atom. The Morgan fingerprint density at radius 3 is 2.35 bits per heavy atom. The second-order valence-electron chi connectivity index (χ2n) is 5.87. The Kier molecular flexibility index (Phi) is 3.39. The van der Waals surface area contributed by atoms with Crippen molar-refractivity contribution in [2.45, 2.75) is 32.7 Å². The predicted molar refractivity (Wildman–Crippen MR) is 83.1 cm³/mol. The van der Waals surface area contributed by atoms with Crippen LogP contribution in [0.15, 0.2) is 42.5 Å². The first-order valence-corrected chi connectivity index (χ1v) is 7.26. The third-order valence-corrected chi connectivity index (χ3v) is 4.06. The Labute approximate surface area is 120 Å². The Morgan fingerprint density at radius 1 is 1.05 bits per heavy atom. The highest BCUT2D eigenvalue weighted by Crippen LogP contribution is 2.43. The number of phenolic OH excluding ortho intramolecular Hbond substituents is 1. The molecule has 1 atom stereocenters. The topological polar surface area (TPSA) is 32.3 Å². The second-order valence-corrected chi connectivity index (χ2v) is 5.87. The molecule has 2 aromatic carbocycles. The number of aromatic hydroxyl groups is 1. The number of hydrogen-bond donors (Lipinski definition) is 2. The molecule has 104 valence electrons. The van der Waals surface area contributed by atoms with Gasteiger partial charge in [-0.15, -0.1) is 0 Å². The molecule has 1 aliphatic rings. The molecular weight excluding hydrogens is 246 g/mol. The molecule has 2 N–H and O–H groups in total. The summed E-state index contributed by atoms with van der Waals surface area (Å²) in [7, 11) is 0. The van der Waals surface area contributed by atoms with Crippen molar-refractivity contribution in [3.05, 3.63) is 59.2 Å². The van der Waals surface area contributed by atoms with Crippen LogP contribution < -0.4 is 5.32 Å². The molecule has 2 aromatic rings. The molecule has 2 nitrogen and oxygen atoms in total. The van der Waals surface area contributed by atoms with E-state index in [0.29, 0.717) is 17.7 Å². The number of phenols is 1. The lowest BCUT2D eigenvalue weighted by molar-refractivity contribution is 0.471. The smallest absolute Gasteiger partial charge is 0.120 e. The fourth-order valence-corrected chi connectivity index (χ4v) is 2.56. The van der Waals surface area contributed by atoms with E-state index in [1.807, 2.05) is 25.1 Å². The maximum absolute atomic E-state index is 9.83. The van der Waals surface area contributed by atoms with E-state index in [9.17, 15) is 5.11 Å². The summed E-state index contributed by atoms with van der Waals surface area (Å²) in [5.74, 6) is 1.06. The molecule has 2 heteroatoms. The van der Waals surface area contributed by atoms with Gasteiger partial charge in [-0.2, -0.15) is 0 Å². The van der Waals surface area contributed by atoms with E-state index in [1.165, 1.54) is 24.0 Å². The zero-order valence-electron chi connectivity index (χ0n) is 12.1. The highest BCUT2D eigenvalue weighted by molar-refractivity contribution is 5.52. The van der Waals surface area contributed by atoms with Gasteiger partial charge in [0.05, 0.1) is 6.04 Å². The van der Waals surface area contributed by atoms with E-state index >= 15 is 0 Å². The van der Waals surface area contributed by atoms with Crippen molar-refractivity contribution in [1.82, 2.24) is 0 Å². The maximum atomic E-state index is 9.83. The molecule has 0 heterocycles. The van der Waals surface area contributed by atoms with Gasteiger partial charge < -0.3 is 10.4 Å². The van der Waals surface area contributed by atoms with Gasteiger partial charge in [-0.1, -0.05) is 35.9 Å². The summed E-state index contributed by atoms with van der Waals surface area (Å²) in [6.07, 6.45) is 2.56. The minimum absolute atomic E-state index is 0.345. The number of hydrogen-bond acceptors (Lipinski definition) is 2. The Balaban J connectivity index is 1.84. The van der Waals surface area contributed by atoms with Crippen LogP contribution in [-0.2, 0) is 0 Å². The SMILES string of the molecule is Cc1ccc(C(Nc2ccc(C)c(O)c2)C2CC2)cc1. The lowest BCUT2D eigenvalue weighted by Crippen LogP contribution is -2.12. The molecule has 0 spiro atoms. The van der Waals surface area contributed by atoms with Crippen LogP contribution in [0.25, 0.3) is 0 Å². The first-order chi connectivity index (χ1) is 9.63. The third kappa shape index (κ3) is 2.79. The molecule has 1 saturated carbocycles.